The number of hydrogen-bond acceptors (Lipinski definition) is 6. The zero-order valence-corrected chi connectivity index (χ0v) is 17.7. The molecule has 0 radical (unpaired) electrons. The average molecular weight is 425 g/mol. The van der Waals surface area contributed by atoms with Crippen molar-refractivity contribution in [1.82, 2.24) is 14.8 Å². The molecule has 29 heavy (non-hydrogen) atoms. The molecule has 1 amide bonds. The first kappa shape index (κ1) is 19.5. The third-order valence-corrected chi connectivity index (χ3v) is 6.29. The molecule has 0 aliphatic heterocycles. The van der Waals surface area contributed by atoms with Gasteiger partial charge in [-0.3, -0.25) is 14.4 Å². The fourth-order valence-corrected chi connectivity index (χ4v) is 4.37. The predicted octanol–water partition coefficient (Wildman–Crippen LogP) is 4.57. The van der Waals surface area contributed by atoms with Gasteiger partial charge in [0.25, 0.3) is 5.91 Å². The lowest BCUT2D eigenvalue weighted by Crippen LogP contribution is -2.34. The van der Waals surface area contributed by atoms with E-state index in [9.17, 15) is 4.79 Å². The molecule has 0 aliphatic carbocycles. The molecule has 4 aromatic rings. The van der Waals surface area contributed by atoms with Crippen LogP contribution in [0.4, 0.5) is 5.13 Å². The molecular weight excluding hydrogens is 404 g/mol. The Morgan fingerprint density at radius 3 is 2.76 bits per heavy atom. The lowest BCUT2D eigenvalue weighted by molar-refractivity contribution is 0.0985. The number of benzene rings is 2. The zero-order chi connectivity index (χ0) is 20.2. The summed E-state index contributed by atoms with van der Waals surface area (Å²) in [5.41, 5.74) is 1.49. The van der Waals surface area contributed by atoms with E-state index in [0.717, 1.165) is 20.9 Å². The van der Waals surface area contributed by atoms with Gasteiger partial charge in [-0.1, -0.05) is 11.3 Å². The normalized spacial score (nSPS) is 11.0. The van der Waals surface area contributed by atoms with E-state index in [1.54, 1.807) is 30.0 Å². The van der Waals surface area contributed by atoms with Crippen LogP contribution >= 0.6 is 23.1 Å². The van der Waals surface area contributed by atoms with E-state index in [0.29, 0.717) is 23.8 Å². The van der Waals surface area contributed by atoms with Crippen LogP contribution in [-0.4, -0.2) is 40.6 Å². The van der Waals surface area contributed by atoms with Crippen molar-refractivity contribution in [3.8, 4) is 5.75 Å². The number of aromatic nitrogens is 3. The summed E-state index contributed by atoms with van der Waals surface area (Å²) in [6, 6.07) is 15.3. The minimum atomic E-state index is -0.0733. The van der Waals surface area contributed by atoms with Crippen molar-refractivity contribution in [1.29, 1.82) is 0 Å². The maximum atomic E-state index is 13.3. The molecule has 0 unspecified atom stereocenters. The highest BCUT2D eigenvalue weighted by molar-refractivity contribution is 7.98. The fraction of sp³-hybridized carbons (Fsp3) is 0.190. The number of amides is 1. The van der Waals surface area contributed by atoms with Crippen LogP contribution in [-0.2, 0) is 6.54 Å². The van der Waals surface area contributed by atoms with Crippen molar-refractivity contribution >= 4 is 44.4 Å². The summed E-state index contributed by atoms with van der Waals surface area (Å²) in [7, 11) is 1.64. The Hall–Kier alpha value is -2.84. The summed E-state index contributed by atoms with van der Waals surface area (Å²) in [5, 5.41) is 4.91. The van der Waals surface area contributed by atoms with Crippen LogP contribution in [0.25, 0.3) is 10.2 Å². The van der Waals surface area contributed by atoms with Gasteiger partial charge in [0, 0.05) is 29.4 Å². The summed E-state index contributed by atoms with van der Waals surface area (Å²) in [4.78, 5) is 20.9. The van der Waals surface area contributed by atoms with Crippen molar-refractivity contribution in [3.63, 3.8) is 0 Å². The Balaban J connectivity index is 1.67. The van der Waals surface area contributed by atoms with Crippen LogP contribution in [0.2, 0.25) is 0 Å². The molecule has 0 fully saturated rings. The number of methoxy groups -OCH3 is 1. The molecule has 0 N–H and O–H groups in total. The average Bonchev–Trinajstić information content (AvgIpc) is 3.43. The Morgan fingerprint density at radius 1 is 1.24 bits per heavy atom. The Labute approximate surface area is 177 Å². The Kier molecular flexibility index (Phi) is 5.82. The van der Waals surface area contributed by atoms with Crippen LogP contribution in [0.3, 0.4) is 0 Å². The van der Waals surface area contributed by atoms with Gasteiger partial charge < -0.3 is 4.74 Å². The molecule has 0 bridgehead atoms. The van der Waals surface area contributed by atoms with Crippen LogP contribution in [0.5, 0.6) is 5.75 Å². The van der Waals surface area contributed by atoms with Gasteiger partial charge in [-0.15, -0.1) is 11.8 Å². The molecule has 2 aromatic carbocycles. The van der Waals surface area contributed by atoms with Gasteiger partial charge in [-0.2, -0.15) is 5.10 Å². The van der Waals surface area contributed by atoms with Crippen molar-refractivity contribution in [3.05, 3.63) is 66.5 Å². The van der Waals surface area contributed by atoms with Gasteiger partial charge in [-0.25, -0.2) is 4.98 Å². The minimum Gasteiger partial charge on any atom is -0.497 e. The van der Waals surface area contributed by atoms with Crippen molar-refractivity contribution < 1.29 is 9.53 Å². The Bertz CT molecular complexity index is 1110. The van der Waals surface area contributed by atoms with Gasteiger partial charge in [0.2, 0.25) is 0 Å². The van der Waals surface area contributed by atoms with Gasteiger partial charge in [0.15, 0.2) is 5.13 Å². The van der Waals surface area contributed by atoms with Crippen molar-refractivity contribution in [2.45, 2.75) is 11.4 Å². The molecule has 0 spiro atoms. The zero-order valence-electron chi connectivity index (χ0n) is 16.1. The summed E-state index contributed by atoms with van der Waals surface area (Å²) in [6.07, 6.45) is 5.64. The first-order valence-electron chi connectivity index (χ1n) is 9.06. The number of carbonyl (C=O) groups is 1. The number of nitrogens with zero attached hydrogens (tertiary/aromatic N) is 4. The molecular formula is C21H20N4O2S2. The summed E-state index contributed by atoms with van der Waals surface area (Å²) < 4.78 is 8.11. The molecule has 148 valence electrons. The standard InChI is InChI=1S/C21H20N4O2S2/c1-27-16-6-9-18-19(14-16)29-21(23-18)25(13-12-24-11-3-10-22-24)20(26)15-4-7-17(28-2)8-5-15/h3-11,14H,12-13H2,1-2H3. The number of carbonyl (C=O) groups excluding carboxylic acids is 1. The van der Waals surface area contributed by atoms with Crippen LogP contribution < -0.4 is 9.64 Å². The van der Waals surface area contributed by atoms with E-state index in [1.807, 2.05) is 65.7 Å². The largest absolute Gasteiger partial charge is 0.497 e. The number of ether oxygens (including phenoxy) is 1. The number of fused-ring (bicyclic) bond motifs is 1. The second-order valence-corrected chi connectivity index (χ2v) is 8.17. The number of rotatable bonds is 7. The van der Waals surface area contributed by atoms with Gasteiger partial charge in [0.05, 0.1) is 23.9 Å². The Morgan fingerprint density at radius 2 is 2.07 bits per heavy atom. The lowest BCUT2D eigenvalue weighted by atomic mass is 10.2. The van der Waals surface area contributed by atoms with Crippen LogP contribution in [0, 0.1) is 0 Å². The summed E-state index contributed by atoms with van der Waals surface area (Å²) >= 11 is 3.13. The van der Waals surface area contributed by atoms with Gasteiger partial charge in [-0.05, 0) is 54.8 Å². The molecule has 6 nitrogen and oxygen atoms in total. The minimum absolute atomic E-state index is 0.0733. The van der Waals surface area contributed by atoms with Crippen molar-refractivity contribution in [2.24, 2.45) is 0 Å². The van der Waals surface area contributed by atoms with Crippen LogP contribution in [0.1, 0.15) is 10.4 Å². The van der Waals surface area contributed by atoms with E-state index < -0.39 is 0 Å². The van der Waals surface area contributed by atoms with Gasteiger partial charge in [0.1, 0.15) is 5.75 Å². The fourth-order valence-electron chi connectivity index (χ4n) is 2.94. The van der Waals surface area contributed by atoms with Crippen LogP contribution in [0.15, 0.2) is 65.8 Å². The second-order valence-electron chi connectivity index (χ2n) is 6.28. The number of thioether (sulfide) groups is 1. The quantitative estimate of drug-likeness (QED) is 0.407. The summed E-state index contributed by atoms with van der Waals surface area (Å²) in [5.74, 6) is 0.700. The number of hydrogen-bond donors (Lipinski definition) is 0. The first-order chi connectivity index (χ1) is 14.2. The SMILES string of the molecule is COc1ccc2nc(N(CCn3cccn3)C(=O)c3ccc(SC)cc3)sc2c1. The van der Waals surface area contributed by atoms with Crippen molar-refractivity contribution in [2.75, 3.05) is 24.8 Å². The molecule has 2 aromatic heterocycles. The molecule has 8 heteroatoms. The van der Waals surface area contributed by atoms with E-state index >= 15 is 0 Å². The lowest BCUT2D eigenvalue weighted by Gasteiger charge is -2.20. The molecule has 2 heterocycles. The van der Waals surface area contributed by atoms with E-state index in [1.165, 1.54) is 11.3 Å². The maximum Gasteiger partial charge on any atom is 0.260 e. The highest BCUT2D eigenvalue weighted by atomic mass is 32.2. The summed E-state index contributed by atoms with van der Waals surface area (Å²) in [6.45, 7) is 1.06. The topological polar surface area (TPSA) is 60.2 Å². The monoisotopic (exact) mass is 424 g/mol. The highest BCUT2D eigenvalue weighted by Crippen LogP contribution is 2.32. The molecule has 0 saturated heterocycles. The first-order valence-corrected chi connectivity index (χ1v) is 11.1. The third kappa shape index (κ3) is 4.28. The second kappa shape index (κ2) is 8.67. The van der Waals surface area contributed by atoms with E-state index in [4.69, 9.17) is 9.72 Å². The van der Waals surface area contributed by atoms with E-state index in [-0.39, 0.29) is 5.91 Å². The molecule has 0 atom stereocenters. The predicted molar refractivity (Wildman–Crippen MR) is 118 cm³/mol. The smallest absolute Gasteiger partial charge is 0.260 e. The van der Waals surface area contributed by atoms with Gasteiger partial charge >= 0.3 is 0 Å². The maximum absolute atomic E-state index is 13.3. The third-order valence-electron chi connectivity index (χ3n) is 4.51. The highest BCUT2D eigenvalue weighted by Gasteiger charge is 2.21. The number of thiazole rings is 1. The van der Waals surface area contributed by atoms with E-state index in [2.05, 4.69) is 5.10 Å². The molecule has 0 aliphatic rings. The number of anilines is 1. The molecule has 0 saturated carbocycles. The molecule has 4 rings (SSSR count).